The number of aromatic nitrogens is 2. The third-order valence-electron chi connectivity index (χ3n) is 4.32. The first kappa shape index (κ1) is 16.0. The number of para-hydroxylation sites is 1. The second-order valence-corrected chi connectivity index (χ2v) is 6.24. The van der Waals surface area contributed by atoms with E-state index in [1.165, 1.54) is 31.2 Å². The molecule has 2 aromatic rings. The summed E-state index contributed by atoms with van der Waals surface area (Å²) in [5, 5.41) is 4.17. The zero-order valence-corrected chi connectivity index (χ0v) is 14.0. The summed E-state index contributed by atoms with van der Waals surface area (Å²) in [6.07, 6.45) is 4.94. The summed E-state index contributed by atoms with van der Waals surface area (Å²) >= 11 is 0. The molecule has 1 aromatic heterocycles. The molecule has 0 unspecified atom stereocenters. The summed E-state index contributed by atoms with van der Waals surface area (Å²) in [6.45, 7) is 4.12. The molecule has 1 saturated carbocycles. The van der Waals surface area contributed by atoms with Crippen molar-refractivity contribution in [2.45, 2.75) is 51.6 Å². The summed E-state index contributed by atoms with van der Waals surface area (Å²) in [6, 6.07) is 8.15. The molecule has 3 rings (SSSR count). The Hall–Kier alpha value is -1.88. The summed E-state index contributed by atoms with van der Waals surface area (Å²) < 4.78 is 11.1. The predicted octanol–water partition coefficient (Wildman–Crippen LogP) is 3.76. The van der Waals surface area contributed by atoms with E-state index in [-0.39, 0.29) is 0 Å². The molecule has 0 saturated heterocycles. The van der Waals surface area contributed by atoms with Gasteiger partial charge in [0.25, 0.3) is 0 Å². The van der Waals surface area contributed by atoms with E-state index in [2.05, 4.69) is 28.2 Å². The van der Waals surface area contributed by atoms with Crippen LogP contribution in [0, 0.1) is 0 Å². The average Bonchev–Trinajstić information content (AvgIpc) is 3.20. The number of hydrogen-bond donors (Lipinski definition) is 0. The molecule has 0 atom stereocenters. The Balaban J connectivity index is 1.60. The van der Waals surface area contributed by atoms with Gasteiger partial charge in [-0.15, -0.1) is 0 Å². The Kier molecular flexibility index (Phi) is 5.28. The summed E-state index contributed by atoms with van der Waals surface area (Å²) in [5.74, 6) is 3.03. The molecule has 0 spiro atoms. The van der Waals surface area contributed by atoms with E-state index in [1.54, 1.807) is 0 Å². The van der Waals surface area contributed by atoms with Crippen molar-refractivity contribution in [2.24, 2.45) is 0 Å². The maximum atomic E-state index is 5.68. The van der Waals surface area contributed by atoms with Crippen molar-refractivity contribution in [1.82, 2.24) is 15.0 Å². The zero-order chi connectivity index (χ0) is 16.1. The third kappa shape index (κ3) is 4.10. The molecule has 1 aromatic carbocycles. The van der Waals surface area contributed by atoms with Crippen LogP contribution in [-0.2, 0) is 13.1 Å². The molecule has 0 aliphatic heterocycles. The van der Waals surface area contributed by atoms with Crippen LogP contribution in [-0.4, -0.2) is 28.7 Å². The minimum absolute atomic E-state index is 0.497. The van der Waals surface area contributed by atoms with Crippen molar-refractivity contribution in [1.29, 1.82) is 0 Å². The second kappa shape index (κ2) is 7.59. The van der Waals surface area contributed by atoms with Gasteiger partial charge >= 0.3 is 0 Å². The zero-order valence-electron chi connectivity index (χ0n) is 14.0. The van der Waals surface area contributed by atoms with Crippen LogP contribution in [0.5, 0.6) is 5.75 Å². The van der Waals surface area contributed by atoms with E-state index in [0.717, 1.165) is 18.1 Å². The van der Waals surface area contributed by atoms with E-state index < -0.39 is 0 Å². The van der Waals surface area contributed by atoms with Gasteiger partial charge in [-0.2, -0.15) is 4.98 Å². The SMILES string of the molecule is CCOc1ccccc1CN(C)Cc1nc(C2CCCC2)no1. The van der Waals surface area contributed by atoms with Gasteiger partial charge in [0, 0.05) is 18.0 Å². The third-order valence-corrected chi connectivity index (χ3v) is 4.32. The first-order chi connectivity index (χ1) is 11.3. The maximum absolute atomic E-state index is 5.68. The average molecular weight is 315 g/mol. The Labute approximate surface area is 137 Å². The van der Waals surface area contributed by atoms with Gasteiger partial charge in [0.05, 0.1) is 13.2 Å². The van der Waals surface area contributed by atoms with Gasteiger partial charge in [0.15, 0.2) is 5.82 Å². The Morgan fingerprint density at radius 1 is 1.22 bits per heavy atom. The fraction of sp³-hybridized carbons (Fsp3) is 0.556. The van der Waals surface area contributed by atoms with Gasteiger partial charge in [-0.05, 0) is 32.9 Å². The molecule has 23 heavy (non-hydrogen) atoms. The van der Waals surface area contributed by atoms with Crippen LogP contribution in [0.3, 0.4) is 0 Å². The number of hydrogen-bond acceptors (Lipinski definition) is 5. The normalized spacial score (nSPS) is 15.4. The summed E-state index contributed by atoms with van der Waals surface area (Å²) in [7, 11) is 2.06. The van der Waals surface area contributed by atoms with Gasteiger partial charge < -0.3 is 9.26 Å². The highest BCUT2D eigenvalue weighted by atomic mass is 16.5. The summed E-state index contributed by atoms with van der Waals surface area (Å²) in [5.41, 5.74) is 1.17. The lowest BCUT2D eigenvalue weighted by Gasteiger charge is -2.17. The molecular formula is C18H25N3O2. The quantitative estimate of drug-likeness (QED) is 0.778. The molecular weight excluding hydrogens is 290 g/mol. The van der Waals surface area contributed by atoms with Crippen LogP contribution in [0.1, 0.15) is 55.8 Å². The lowest BCUT2D eigenvalue weighted by atomic mass is 10.1. The Bertz CT molecular complexity index is 620. The molecule has 1 aliphatic carbocycles. The molecule has 1 fully saturated rings. The van der Waals surface area contributed by atoms with Gasteiger partial charge in [-0.1, -0.05) is 36.2 Å². The van der Waals surface area contributed by atoms with Crippen LogP contribution in [0.15, 0.2) is 28.8 Å². The number of benzene rings is 1. The van der Waals surface area contributed by atoms with Gasteiger partial charge in [0.2, 0.25) is 5.89 Å². The van der Waals surface area contributed by atoms with E-state index in [4.69, 9.17) is 9.26 Å². The van der Waals surface area contributed by atoms with E-state index in [1.807, 2.05) is 25.1 Å². The van der Waals surface area contributed by atoms with Crippen LogP contribution in [0.2, 0.25) is 0 Å². The highest BCUT2D eigenvalue weighted by Crippen LogP contribution is 2.32. The fourth-order valence-corrected chi connectivity index (χ4v) is 3.19. The van der Waals surface area contributed by atoms with Crippen molar-refractivity contribution in [3.05, 3.63) is 41.5 Å². The van der Waals surface area contributed by atoms with Crippen molar-refractivity contribution in [2.75, 3.05) is 13.7 Å². The van der Waals surface area contributed by atoms with Gasteiger partial charge in [-0.25, -0.2) is 0 Å². The highest BCUT2D eigenvalue weighted by Gasteiger charge is 2.22. The van der Waals surface area contributed by atoms with Crippen LogP contribution in [0.25, 0.3) is 0 Å². The van der Waals surface area contributed by atoms with Crippen molar-refractivity contribution < 1.29 is 9.26 Å². The number of ether oxygens (including phenoxy) is 1. The van der Waals surface area contributed by atoms with Gasteiger partial charge in [-0.3, -0.25) is 4.90 Å². The molecule has 0 bridgehead atoms. The topological polar surface area (TPSA) is 51.4 Å². The van der Waals surface area contributed by atoms with E-state index >= 15 is 0 Å². The maximum Gasteiger partial charge on any atom is 0.240 e. The highest BCUT2D eigenvalue weighted by molar-refractivity contribution is 5.33. The molecule has 0 N–H and O–H groups in total. The molecule has 124 valence electrons. The lowest BCUT2D eigenvalue weighted by molar-refractivity contribution is 0.254. The Morgan fingerprint density at radius 3 is 2.78 bits per heavy atom. The molecule has 1 aliphatic rings. The first-order valence-corrected chi connectivity index (χ1v) is 8.48. The largest absolute Gasteiger partial charge is 0.494 e. The first-order valence-electron chi connectivity index (χ1n) is 8.48. The minimum atomic E-state index is 0.497. The van der Waals surface area contributed by atoms with E-state index in [0.29, 0.717) is 25.0 Å². The molecule has 0 radical (unpaired) electrons. The standard InChI is InChI=1S/C18H25N3O2/c1-3-22-16-11-7-6-10-15(16)12-21(2)13-17-19-18(20-23-17)14-8-4-5-9-14/h6-7,10-11,14H,3-5,8-9,12-13H2,1-2H3. The van der Waals surface area contributed by atoms with E-state index in [9.17, 15) is 0 Å². The second-order valence-electron chi connectivity index (χ2n) is 6.24. The van der Waals surface area contributed by atoms with Crippen molar-refractivity contribution in [3.8, 4) is 5.75 Å². The molecule has 1 heterocycles. The predicted molar refractivity (Wildman–Crippen MR) is 88.3 cm³/mol. The number of nitrogens with zero attached hydrogens (tertiary/aromatic N) is 3. The van der Waals surface area contributed by atoms with Crippen LogP contribution in [0.4, 0.5) is 0 Å². The smallest absolute Gasteiger partial charge is 0.240 e. The fourth-order valence-electron chi connectivity index (χ4n) is 3.19. The van der Waals surface area contributed by atoms with Crippen molar-refractivity contribution in [3.63, 3.8) is 0 Å². The minimum Gasteiger partial charge on any atom is -0.494 e. The Morgan fingerprint density at radius 2 is 2.00 bits per heavy atom. The molecule has 5 heteroatoms. The molecule has 5 nitrogen and oxygen atoms in total. The van der Waals surface area contributed by atoms with Crippen LogP contribution >= 0.6 is 0 Å². The van der Waals surface area contributed by atoms with Crippen LogP contribution < -0.4 is 4.74 Å². The summed E-state index contributed by atoms with van der Waals surface area (Å²) in [4.78, 5) is 6.75. The molecule has 0 amide bonds. The lowest BCUT2D eigenvalue weighted by Crippen LogP contribution is -2.18. The number of rotatable bonds is 7. The van der Waals surface area contributed by atoms with Crippen molar-refractivity contribution >= 4 is 0 Å². The monoisotopic (exact) mass is 315 g/mol. The van der Waals surface area contributed by atoms with Gasteiger partial charge in [0.1, 0.15) is 5.75 Å².